The first-order valence-corrected chi connectivity index (χ1v) is 6.61. The third kappa shape index (κ3) is 5.40. The van der Waals surface area contributed by atoms with Crippen LogP contribution >= 0.6 is 0 Å². The van der Waals surface area contributed by atoms with Crippen LogP contribution in [0.4, 0.5) is 0 Å². The van der Waals surface area contributed by atoms with E-state index in [1.165, 1.54) is 0 Å². The fourth-order valence-electron chi connectivity index (χ4n) is 2.08. The van der Waals surface area contributed by atoms with Crippen molar-refractivity contribution in [3.8, 4) is 0 Å². The van der Waals surface area contributed by atoms with E-state index in [9.17, 15) is 19.5 Å². The van der Waals surface area contributed by atoms with Gasteiger partial charge >= 0.3 is 17.9 Å². The first kappa shape index (κ1) is 18.7. The maximum absolute atomic E-state index is 11.3. The van der Waals surface area contributed by atoms with Gasteiger partial charge < -0.3 is 24.1 Å². The standard InChI is InChI=1S/C12H17N3O8/c1-5(16)20-4-8-10(21-6(2)17)11(22-7(3)18)9(14-15-13)12(19)23-8/h8-12,19H,4H2,1-3H3/t8-,9-,10+,11-,12-/m1/s1. The highest BCUT2D eigenvalue weighted by Gasteiger charge is 2.49. The quantitative estimate of drug-likeness (QED) is 0.239. The van der Waals surface area contributed by atoms with Crippen LogP contribution in [0.2, 0.25) is 0 Å². The van der Waals surface area contributed by atoms with E-state index < -0.39 is 48.6 Å². The zero-order valence-electron chi connectivity index (χ0n) is 12.7. The van der Waals surface area contributed by atoms with Crippen molar-refractivity contribution in [2.75, 3.05) is 6.61 Å². The van der Waals surface area contributed by atoms with Gasteiger partial charge in [0.1, 0.15) is 18.8 Å². The van der Waals surface area contributed by atoms with E-state index >= 15 is 0 Å². The summed E-state index contributed by atoms with van der Waals surface area (Å²) >= 11 is 0. The lowest BCUT2D eigenvalue weighted by atomic mass is 9.97. The fraction of sp³-hybridized carbons (Fsp3) is 0.750. The molecular weight excluding hydrogens is 314 g/mol. The lowest BCUT2D eigenvalue weighted by molar-refractivity contribution is -0.260. The van der Waals surface area contributed by atoms with Crippen molar-refractivity contribution in [3.63, 3.8) is 0 Å². The van der Waals surface area contributed by atoms with Crippen molar-refractivity contribution in [2.24, 2.45) is 5.11 Å². The second-order valence-electron chi connectivity index (χ2n) is 4.71. The highest BCUT2D eigenvalue weighted by atomic mass is 16.7. The van der Waals surface area contributed by atoms with Gasteiger partial charge in [0.25, 0.3) is 0 Å². The summed E-state index contributed by atoms with van der Waals surface area (Å²) in [6.45, 7) is 3.01. The molecule has 0 amide bonds. The molecule has 0 spiro atoms. The molecule has 0 radical (unpaired) electrons. The normalized spacial score (nSPS) is 29.8. The van der Waals surface area contributed by atoms with Gasteiger partial charge in [-0.05, 0) is 5.53 Å². The van der Waals surface area contributed by atoms with E-state index in [-0.39, 0.29) is 6.61 Å². The monoisotopic (exact) mass is 331 g/mol. The van der Waals surface area contributed by atoms with Crippen LogP contribution < -0.4 is 0 Å². The second kappa shape index (κ2) is 8.32. The van der Waals surface area contributed by atoms with E-state index in [2.05, 4.69) is 10.0 Å². The van der Waals surface area contributed by atoms with Gasteiger partial charge in [0.05, 0.1) is 0 Å². The molecule has 0 aromatic heterocycles. The number of aliphatic hydroxyl groups is 1. The molecule has 23 heavy (non-hydrogen) atoms. The molecule has 0 saturated carbocycles. The van der Waals surface area contributed by atoms with Gasteiger partial charge in [0.15, 0.2) is 18.5 Å². The molecule has 1 N–H and O–H groups in total. The predicted molar refractivity (Wildman–Crippen MR) is 71.6 cm³/mol. The Labute approximate surface area is 131 Å². The Morgan fingerprint density at radius 3 is 2.17 bits per heavy atom. The Kier molecular flexibility index (Phi) is 6.76. The summed E-state index contributed by atoms with van der Waals surface area (Å²) in [7, 11) is 0. The molecule has 1 saturated heterocycles. The highest BCUT2D eigenvalue weighted by Crippen LogP contribution is 2.28. The highest BCUT2D eigenvalue weighted by molar-refractivity contribution is 5.67. The Morgan fingerprint density at radius 2 is 1.70 bits per heavy atom. The van der Waals surface area contributed by atoms with Crippen LogP contribution in [-0.4, -0.2) is 60.3 Å². The van der Waals surface area contributed by atoms with Crippen LogP contribution in [0.25, 0.3) is 10.4 Å². The Bertz CT molecular complexity index is 518. The first-order valence-electron chi connectivity index (χ1n) is 6.61. The van der Waals surface area contributed by atoms with Crippen molar-refractivity contribution >= 4 is 17.9 Å². The zero-order chi connectivity index (χ0) is 17.6. The molecule has 1 aliphatic rings. The number of azide groups is 1. The molecule has 5 atom stereocenters. The maximum Gasteiger partial charge on any atom is 0.303 e. The summed E-state index contributed by atoms with van der Waals surface area (Å²) in [4.78, 5) is 36.0. The van der Waals surface area contributed by atoms with Gasteiger partial charge in [-0.25, -0.2) is 0 Å². The number of hydrogen-bond donors (Lipinski definition) is 1. The summed E-state index contributed by atoms with van der Waals surface area (Å²) in [6.07, 6.45) is -5.26. The molecule has 1 fully saturated rings. The van der Waals surface area contributed by atoms with Crippen molar-refractivity contribution in [2.45, 2.75) is 51.4 Å². The summed E-state index contributed by atoms with van der Waals surface area (Å²) in [5.74, 6) is -2.09. The predicted octanol–water partition coefficient (Wildman–Crippen LogP) is -0.191. The number of rotatable bonds is 5. The van der Waals surface area contributed by atoms with E-state index in [0.29, 0.717) is 0 Å². The van der Waals surface area contributed by atoms with Gasteiger partial charge in [0.2, 0.25) is 0 Å². The Balaban J connectivity index is 3.11. The minimum Gasteiger partial charge on any atom is -0.463 e. The molecule has 1 heterocycles. The molecule has 11 heteroatoms. The molecule has 0 aromatic rings. The lowest BCUT2D eigenvalue weighted by Gasteiger charge is -2.41. The summed E-state index contributed by atoms with van der Waals surface area (Å²) < 4.78 is 20.0. The van der Waals surface area contributed by atoms with E-state index in [4.69, 9.17) is 24.5 Å². The molecule has 0 aliphatic carbocycles. The van der Waals surface area contributed by atoms with Crippen LogP contribution in [-0.2, 0) is 33.3 Å². The average molecular weight is 331 g/mol. The van der Waals surface area contributed by atoms with Crippen molar-refractivity contribution < 1.29 is 38.4 Å². The van der Waals surface area contributed by atoms with E-state index in [1.807, 2.05) is 0 Å². The van der Waals surface area contributed by atoms with Crippen molar-refractivity contribution in [1.82, 2.24) is 0 Å². The molecule has 1 rings (SSSR count). The summed E-state index contributed by atoms with van der Waals surface area (Å²) in [6, 6.07) is -1.33. The van der Waals surface area contributed by atoms with Gasteiger partial charge in [-0.15, -0.1) is 0 Å². The maximum atomic E-state index is 11.3. The molecular formula is C12H17N3O8. The van der Waals surface area contributed by atoms with Crippen LogP contribution in [0.1, 0.15) is 20.8 Å². The number of esters is 3. The van der Waals surface area contributed by atoms with E-state index in [0.717, 1.165) is 20.8 Å². The summed E-state index contributed by atoms with van der Waals surface area (Å²) in [5.41, 5.74) is 8.57. The van der Waals surface area contributed by atoms with Gasteiger partial charge in [0, 0.05) is 25.7 Å². The van der Waals surface area contributed by atoms with Gasteiger partial charge in [-0.1, -0.05) is 5.11 Å². The number of aliphatic hydroxyl groups excluding tert-OH is 1. The van der Waals surface area contributed by atoms with Gasteiger partial charge in [-0.3, -0.25) is 14.4 Å². The van der Waals surface area contributed by atoms with Crippen LogP contribution in [0.3, 0.4) is 0 Å². The zero-order valence-corrected chi connectivity index (χ0v) is 12.7. The minimum atomic E-state index is -1.64. The smallest absolute Gasteiger partial charge is 0.303 e. The number of nitrogens with zero attached hydrogens (tertiary/aromatic N) is 3. The molecule has 0 bridgehead atoms. The van der Waals surface area contributed by atoms with Crippen molar-refractivity contribution in [3.05, 3.63) is 10.4 Å². The number of ether oxygens (including phenoxy) is 4. The third-order valence-corrected chi connectivity index (χ3v) is 2.87. The second-order valence-corrected chi connectivity index (χ2v) is 4.71. The SMILES string of the molecule is CC(=O)OC[C@H]1O[C@@H](O)[C@H](N=[N+]=[N-])[C@@H](OC(C)=O)[C@H]1OC(C)=O. The molecule has 0 aromatic carbocycles. The Morgan fingerprint density at radius 1 is 1.13 bits per heavy atom. The third-order valence-electron chi connectivity index (χ3n) is 2.87. The fourth-order valence-corrected chi connectivity index (χ4v) is 2.08. The van der Waals surface area contributed by atoms with Crippen LogP contribution in [0.15, 0.2) is 5.11 Å². The van der Waals surface area contributed by atoms with E-state index in [1.54, 1.807) is 0 Å². The number of carbonyl (C=O) groups excluding carboxylic acids is 3. The first-order chi connectivity index (χ1) is 10.8. The summed E-state index contributed by atoms with van der Waals surface area (Å²) in [5, 5.41) is 13.2. The lowest BCUT2D eigenvalue weighted by Crippen LogP contribution is -2.60. The average Bonchev–Trinajstić information content (AvgIpc) is 2.42. The molecule has 0 unspecified atom stereocenters. The molecule has 11 nitrogen and oxygen atoms in total. The Hall–Kier alpha value is -2.36. The number of hydrogen-bond acceptors (Lipinski definition) is 9. The molecule has 1 aliphatic heterocycles. The van der Waals surface area contributed by atoms with Crippen LogP contribution in [0, 0.1) is 0 Å². The topological polar surface area (TPSA) is 157 Å². The van der Waals surface area contributed by atoms with Crippen molar-refractivity contribution in [1.29, 1.82) is 0 Å². The minimum absolute atomic E-state index is 0.356. The van der Waals surface area contributed by atoms with Gasteiger partial charge in [-0.2, -0.15) is 0 Å². The number of carbonyl (C=O) groups is 3. The largest absolute Gasteiger partial charge is 0.463 e. The van der Waals surface area contributed by atoms with Crippen LogP contribution in [0.5, 0.6) is 0 Å². The molecule has 128 valence electrons.